The van der Waals surface area contributed by atoms with Crippen LogP contribution in [0.5, 0.6) is 5.75 Å². The SMILES string of the molecule is Cc1ccc(OCCCC(=O)NCc2cccc(CN3CCCCC3)c2)cc1. The van der Waals surface area contributed by atoms with Gasteiger partial charge in [0.2, 0.25) is 5.91 Å². The molecule has 1 saturated heterocycles. The maximum atomic E-state index is 12.1. The van der Waals surface area contributed by atoms with Gasteiger partial charge < -0.3 is 10.1 Å². The minimum atomic E-state index is 0.0777. The zero-order valence-corrected chi connectivity index (χ0v) is 17.0. The van der Waals surface area contributed by atoms with Gasteiger partial charge in [-0.1, -0.05) is 48.4 Å². The normalized spacial score (nSPS) is 14.6. The number of carbonyl (C=O) groups is 1. The fraction of sp³-hybridized carbons (Fsp3) is 0.458. The molecule has 1 aliphatic rings. The van der Waals surface area contributed by atoms with E-state index in [0.29, 0.717) is 26.0 Å². The summed E-state index contributed by atoms with van der Waals surface area (Å²) in [4.78, 5) is 14.6. The highest BCUT2D eigenvalue weighted by Gasteiger charge is 2.10. The van der Waals surface area contributed by atoms with Crippen molar-refractivity contribution in [3.8, 4) is 5.75 Å². The first kappa shape index (κ1) is 20.4. The summed E-state index contributed by atoms with van der Waals surface area (Å²) in [6, 6.07) is 16.6. The predicted molar refractivity (Wildman–Crippen MR) is 113 cm³/mol. The number of carbonyl (C=O) groups excluding carboxylic acids is 1. The van der Waals surface area contributed by atoms with Crippen molar-refractivity contribution in [1.29, 1.82) is 0 Å². The fourth-order valence-corrected chi connectivity index (χ4v) is 3.56. The van der Waals surface area contributed by atoms with Gasteiger partial charge in [0.25, 0.3) is 0 Å². The van der Waals surface area contributed by atoms with Crippen molar-refractivity contribution in [1.82, 2.24) is 10.2 Å². The molecule has 0 saturated carbocycles. The number of ether oxygens (including phenoxy) is 1. The summed E-state index contributed by atoms with van der Waals surface area (Å²) in [5.41, 5.74) is 3.71. The highest BCUT2D eigenvalue weighted by atomic mass is 16.5. The molecule has 1 N–H and O–H groups in total. The largest absolute Gasteiger partial charge is 0.494 e. The van der Waals surface area contributed by atoms with E-state index in [-0.39, 0.29) is 5.91 Å². The second-order valence-corrected chi connectivity index (χ2v) is 7.70. The van der Waals surface area contributed by atoms with Gasteiger partial charge in [-0.05, 0) is 62.5 Å². The molecule has 1 amide bonds. The van der Waals surface area contributed by atoms with Crippen molar-refractivity contribution in [2.24, 2.45) is 0 Å². The molecular weight excluding hydrogens is 348 g/mol. The van der Waals surface area contributed by atoms with Crippen LogP contribution < -0.4 is 10.1 Å². The van der Waals surface area contributed by atoms with E-state index in [1.807, 2.05) is 24.3 Å². The van der Waals surface area contributed by atoms with E-state index in [1.165, 1.54) is 49.0 Å². The number of amides is 1. The fourth-order valence-electron chi connectivity index (χ4n) is 3.56. The molecular formula is C24H32N2O2. The van der Waals surface area contributed by atoms with Crippen molar-refractivity contribution in [3.63, 3.8) is 0 Å². The Morgan fingerprint density at radius 2 is 1.79 bits per heavy atom. The van der Waals surface area contributed by atoms with Crippen molar-refractivity contribution in [2.75, 3.05) is 19.7 Å². The van der Waals surface area contributed by atoms with E-state index in [0.717, 1.165) is 12.3 Å². The summed E-state index contributed by atoms with van der Waals surface area (Å²) in [6.45, 7) is 6.61. The van der Waals surface area contributed by atoms with Crippen molar-refractivity contribution < 1.29 is 9.53 Å². The average Bonchev–Trinajstić information content (AvgIpc) is 2.72. The van der Waals surface area contributed by atoms with E-state index >= 15 is 0 Å². The number of aryl methyl sites for hydroxylation is 1. The molecule has 4 heteroatoms. The van der Waals surface area contributed by atoms with Crippen LogP contribution in [0.3, 0.4) is 0 Å². The molecule has 4 nitrogen and oxygen atoms in total. The topological polar surface area (TPSA) is 41.6 Å². The summed E-state index contributed by atoms with van der Waals surface area (Å²) < 4.78 is 5.68. The Labute approximate surface area is 168 Å². The van der Waals surface area contributed by atoms with Gasteiger partial charge in [0.05, 0.1) is 6.61 Å². The first-order valence-corrected chi connectivity index (χ1v) is 10.5. The van der Waals surface area contributed by atoms with Gasteiger partial charge in [0, 0.05) is 19.5 Å². The Kier molecular flexibility index (Phi) is 7.92. The molecule has 2 aromatic rings. The number of benzene rings is 2. The third kappa shape index (κ3) is 7.01. The quantitative estimate of drug-likeness (QED) is 0.653. The number of likely N-dealkylation sites (tertiary alicyclic amines) is 1. The van der Waals surface area contributed by atoms with Crippen LogP contribution in [0.25, 0.3) is 0 Å². The Balaban J connectivity index is 1.34. The number of hydrogen-bond donors (Lipinski definition) is 1. The predicted octanol–water partition coefficient (Wildman–Crippen LogP) is 4.46. The molecule has 1 fully saturated rings. The van der Waals surface area contributed by atoms with Gasteiger partial charge in [-0.3, -0.25) is 9.69 Å². The molecule has 0 aromatic heterocycles. The van der Waals surface area contributed by atoms with Crippen LogP contribution in [-0.4, -0.2) is 30.5 Å². The van der Waals surface area contributed by atoms with Crippen LogP contribution in [0.1, 0.15) is 48.8 Å². The van der Waals surface area contributed by atoms with E-state index in [4.69, 9.17) is 4.74 Å². The number of nitrogens with zero attached hydrogens (tertiary/aromatic N) is 1. The van der Waals surface area contributed by atoms with Crippen LogP contribution >= 0.6 is 0 Å². The minimum absolute atomic E-state index is 0.0777. The third-order valence-corrected chi connectivity index (χ3v) is 5.17. The summed E-state index contributed by atoms with van der Waals surface area (Å²) >= 11 is 0. The molecule has 28 heavy (non-hydrogen) atoms. The Morgan fingerprint density at radius 1 is 1.04 bits per heavy atom. The highest BCUT2D eigenvalue weighted by molar-refractivity contribution is 5.75. The van der Waals surface area contributed by atoms with Gasteiger partial charge in [-0.2, -0.15) is 0 Å². The van der Waals surface area contributed by atoms with Crippen LogP contribution in [0.15, 0.2) is 48.5 Å². The van der Waals surface area contributed by atoms with Gasteiger partial charge in [0.1, 0.15) is 5.75 Å². The Morgan fingerprint density at radius 3 is 2.57 bits per heavy atom. The molecule has 150 valence electrons. The molecule has 2 aromatic carbocycles. The Hall–Kier alpha value is -2.33. The van der Waals surface area contributed by atoms with Crippen LogP contribution in [0.2, 0.25) is 0 Å². The standard InChI is InChI=1S/C24H32N2O2/c1-20-10-12-23(13-11-20)28-16-6-9-24(27)25-18-21-7-5-8-22(17-21)19-26-14-3-2-4-15-26/h5,7-8,10-13,17H,2-4,6,9,14-16,18-19H2,1H3,(H,25,27). The maximum Gasteiger partial charge on any atom is 0.220 e. The molecule has 0 spiro atoms. The number of nitrogens with one attached hydrogen (secondary N) is 1. The zero-order valence-electron chi connectivity index (χ0n) is 17.0. The van der Waals surface area contributed by atoms with Crippen LogP contribution in [-0.2, 0) is 17.9 Å². The molecule has 0 bridgehead atoms. The van der Waals surface area contributed by atoms with Gasteiger partial charge in [0.15, 0.2) is 0 Å². The van der Waals surface area contributed by atoms with E-state index in [9.17, 15) is 4.79 Å². The first-order valence-electron chi connectivity index (χ1n) is 10.5. The van der Waals surface area contributed by atoms with Crippen molar-refractivity contribution >= 4 is 5.91 Å². The van der Waals surface area contributed by atoms with E-state index in [2.05, 4.69) is 41.4 Å². The molecule has 1 aliphatic heterocycles. The average molecular weight is 381 g/mol. The lowest BCUT2D eigenvalue weighted by Crippen LogP contribution is -2.29. The third-order valence-electron chi connectivity index (χ3n) is 5.17. The van der Waals surface area contributed by atoms with Crippen LogP contribution in [0, 0.1) is 6.92 Å². The maximum absolute atomic E-state index is 12.1. The summed E-state index contributed by atoms with van der Waals surface area (Å²) in [6.07, 6.45) is 5.18. The lowest BCUT2D eigenvalue weighted by Gasteiger charge is -2.26. The second-order valence-electron chi connectivity index (χ2n) is 7.70. The molecule has 0 atom stereocenters. The number of rotatable bonds is 9. The summed E-state index contributed by atoms with van der Waals surface area (Å²) in [7, 11) is 0. The van der Waals surface area contributed by atoms with Crippen LogP contribution in [0.4, 0.5) is 0 Å². The number of piperidine rings is 1. The van der Waals surface area contributed by atoms with Gasteiger partial charge in [-0.25, -0.2) is 0 Å². The van der Waals surface area contributed by atoms with Gasteiger partial charge in [-0.15, -0.1) is 0 Å². The monoisotopic (exact) mass is 380 g/mol. The minimum Gasteiger partial charge on any atom is -0.494 e. The highest BCUT2D eigenvalue weighted by Crippen LogP contribution is 2.14. The van der Waals surface area contributed by atoms with E-state index in [1.54, 1.807) is 0 Å². The molecule has 1 heterocycles. The lowest BCUT2D eigenvalue weighted by molar-refractivity contribution is -0.121. The smallest absolute Gasteiger partial charge is 0.220 e. The number of hydrogen-bond acceptors (Lipinski definition) is 3. The molecule has 0 aliphatic carbocycles. The van der Waals surface area contributed by atoms with Gasteiger partial charge >= 0.3 is 0 Å². The molecule has 0 unspecified atom stereocenters. The van der Waals surface area contributed by atoms with Crippen molar-refractivity contribution in [2.45, 2.75) is 52.1 Å². The summed E-state index contributed by atoms with van der Waals surface area (Å²) in [5, 5.41) is 3.03. The molecule has 3 rings (SSSR count). The molecule has 0 radical (unpaired) electrons. The zero-order chi connectivity index (χ0) is 19.6. The van der Waals surface area contributed by atoms with Crippen molar-refractivity contribution in [3.05, 3.63) is 65.2 Å². The lowest BCUT2D eigenvalue weighted by atomic mass is 10.1. The second kappa shape index (κ2) is 10.9. The Bertz CT molecular complexity index is 737. The van der Waals surface area contributed by atoms with E-state index < -0.39 is 0 Å². The first-order chi connectivity index (χ1) is 13.7. The summed E-state index contributed by atoms with van der Waals surface area (Å²) in [5.74, 6) is 0.936.